The van der Waals surface area contributed by atoms with Gasteiger partial charge in [-0.25, -0.2) is 0 Å². The normalized spacial score (nSPS) is 70.2. The van der Waals surface area contributed by atoms with Gasteiger partial charge in [0.15, 0.2) is 0 Å². The van der Waals surface area contributed by atoms with Crippen LogP contribution in [0.15, 0.2) is 0 Å². The van der Waals surface area contributed by atoms with Crippen LogP contribution in [0.3, 0.4) is 0 Å². The third-order valence-electron chi connectivity index (χ3n) is 6.99. The van der Waals surface area contributed by atoms with E-state index in [1.165, 1.54) is 11.8 Å². The van der Waals surface area contributed by atoms with E-state index >= 15 is 0 Å². The Morgan fingerprint density at radius 3 is 2.27 bits per heavy atom. The molecule has 9 atom stereocenters. The van der Waals surface area contributed by atoms with Crippen LogP contribution in [0.1, 0.15) is 40.0 Å². The summed E-state index contributed by atoms with van der Waals surface area (Å²) in [5.41, 5.74) is 0. The maximum atomic E-state index is 2.57. The van der Waals surface area contributed by atoms with Crippen molar-refractivity contribution in [3.8, 4) is 0 Å². The molecule has 4 aliphatic carbocycles. The second kappa shape index (κ2) is 2.63. The molecule has 0 aromatic heterocycles. The quantitative estimate of drug-likeness (QED) is 0.526. The molecule has 0 spiro atoms. The monoisotopic (exact) mass is 204 g/mol. The summed E-state index contributed by atoms with van der Waals surface area (Å²) in [4.78, 5) is 0. The Morgan fingerprint density at radius 2 is 1.47 bits per heavy atom. The molecule has 0 aliphatic heterocycles. The molecule has 4 saturated carbocycles. The molecule has 4 aliphatic rings. The summed E-state index contributed by atoms with van der Waals surface area (Å²) in [7, 11) is 0. The molecule has 4 fully saturated rings. The van der Waals surface area contributed by atoms with E-state index in [4.69, 9.17) is 0 Å². The Bertz CT molecular complexity index is 294. The summed E-state index contributed by atoms with van der Waals surface area (Å²) in [5.74, 6) is 10.1. The molecule has 0 saturated heterocycles. The molecule has 0 aromatic carbocycles. The molecule has 0 N–H and O–H groups in total. The summed E-state index contributed by atoms with van der Waals surface area (Å²) in [6.07, 6.45) is 4.76. The summed E-state index contributed by atoms with van der Waals surface area (Å²) in [6.45, 7) is 7.63. The molecule has 0 aromatic rings. The topological polar surface area (TPSA) is 0 Å². The van der Waals surface area contributed by atoms with Gasteiger partial charge in [-0.2, -0.15) is 0 Å². The van der Waals surface area contributed by atoms with Crippen molar-refractivity contribution < 1.29 is 0 Å². The highest BCUT2D eigenvalue weighted by Gasteiger charge is 2.65. The minimum Gasteiger partial charge on any atom is -0.0622 e. The zero-order valence-electron chi connectivity index (χ0n) is 10.3. The highest BCUT2D eigenvalue weighted by Crippen LogP contribution is 2.71. The SMILES string of the molecule is CC1CC2CC1C1C3CC(C)C(C3C)C21. The van der Waals surface area contributed by atoms with E-state index in [9.17, 15) is 0 Å². The fourth-order valence-electron chi connectivity index (χ4n) is 6.80. The number of hydrogen-bond acceptors (Lipinski definition) is 0. The van der Waals surface area contributed by atoms with Crippen LogP contribution in [-0.4, -0.2) is 0 Å². The van der Waals surface area contributed by atoms with E-state index in [-0.39, 0.29) is 0 Å². The van der Waals surface area contributed by atoms with Gasteiger partial charge in [-0.05, 0) is 72.5 Å². The van der Waals surface area contributed by atoms with Gasteiger partial charge in [0.2, 0.25) is 0 Å². The van der Waals surface area contributed by atoms with Crippen LogP contribution in [-0.2, 0) is 0 Å². The minimum atomic E-state index is 1.06. The molecule has 9 unspecified atom stereocenters. The van der Waals surface area contributed by atoms with Crippen LogP contribution in [0.4, 0.5) is 0 Å². The van der Waals surface area contributed by atoms with Crippen molar-refractivity contribution >= 4 is 0 Å². The second-order valence-electron chi connectivity index (χ2n) is 7.34. The molecule has 0 radical (unpaired) electrons. The molecule has 0 heteroatoms. The van der Waals surface area contributed by atoms with Crippen molar-refractivity contribution in [2.45, 2.75) is 40.0 Å². The number of fused-ring (bicyclic) bond motifs is 9. The Morgan fingerprint density at radius 1 is 0.667 bits per heavy atom. The van der Waals surface area contributed by atoms with Crippen molar-refractivity contribution in [1.29, 1.82) is 0 Å². The smallest absolute Gasteiger partial charge is 0.0318 e. The molecule has 15 heavy (non-hydrogen) atoms. The average molecular weight is 204 g/mol. The largest absolute Gasteiger partial charge is 0.0622 e. The van der Waals surface area contributed by atoms with Crippen molar-refractivity contribution in [3.05, 3.63) is 0 Å². The Labute approximate surface area is 93.8 Å². The third kappa shape index (κ3) is 0.875. The molecular formula is C15H24. The lowest BCUT2D eigenvalue weighted by molar-refractivity contribution is 0.0852. The summed E-state index contributed by atoms with van der Waals surface area (Å²) in [5, 5.41) is 0. The lowest BCUT2D eigenvalue weighted by Crippen LogP contribution is -2.34. The first-order chi connectivity index (χ1) is 7.18. The lowest BCUT2D eigenvalue weighted by atomic mass is 9.65. The van der Waals surface area contributed by atoms with Gasteiger partial charge in [0.25, 0.3) is 0 Å². The van der Waals surface area contributed by atoms with Gasteiger partial charge in [0, 0.05) is 0 Å². The zero-order chi connectivity index (χ0) is 10.3. The van der Waals surface area contributed by atoms with Crippen molar-refractivity contribution in [2.75, 3.05) is 0 Å². The average Bonchev–Trinajstić information content (AvgIpc) is 2.84. The van der Waals surface area contributed by atoms with Crippen LogP contribution in [0.2, 0.25) is 0 Å². The fraction of sp³-hybridized carbons (Fsp3) is 1.00. The van der Waals surface area contributed by atoms with E-state index in [0.717, 1.165) is 41.4 Å². The van der Waals surface area contributed by atoms with Crippen molar-refractivity contribution in [2.24, 2.45) is 53.3 Å². The van der Waals surface area contributed by atoms with E-state index < -0.39 is 0 Å². The fourth-order valence-corrected chi connectivity index (χ4v) is 6.80. The van der Waals surface area contributed by atoms with Gasteiger partial charge in [0.1, 0.15) is 0 Å². The molecule has 0 heterocycles. The second-order valence-corrected chi connectivity index (χ2v) is 7.34. The maximum Gasteiger partial charge on any atom is -0.0318 e. The first kappa shape index (κ1) is 9.07. The standard InChI is InChI=1S/C15H24/c1-7-4-10-6-11(7)15-12-5-8(2)13(9(12)3)14(10)15/h7-15H,4-6H2,1-3H3. The van der Waals surface area contributed by atoms with E-state index in [1.807, 2.05) is 0 Å². The molecule has 4 rings (SSSR count). The Balaban J connectivity index is 1.74. The molecule has 0 amide bonds. The zero-order valence-corrected chi connectivity index (χ0v) is 10.3. The van der Waals surface area contributed by atoms with E-state index in [2.05, 4.69) is 20.8 Å². The third-order valence-corrected chi connectivity index (χ3v) is 6.99. The number of hydrogen-bond donors (Lipinski definition) is 0. The van der Waals surface area contributed by atoms with E-state index in [1.54, 1.807) is 19.3 Å². The van der Waals surface area contributed by atoms with Gasteiger partial charge in [-0.3, -0.25) is 0 Å². The summed E-state index contributed by atoms with van der Waals surface area (Å²) < 4.78 is 0. The van der Waals surface area contributed by atoms with Gasteiger partial charge in [0.05, 0.1) is 0 Å². The van der Waals surface area contributed by atoms with E-state index in [0.29, 0.717) is 0 Å². The predicted octanol–water partition coefficient (Wildman–Crippen LogP) is 3.82. The van der Waals surface area contributed by atoms with Gasteiger partial charge in [-0.1, -0.05) is 20.8 Å². The summed E-state index contributed by atoms with van der Waals surface area (Å²) >= 11 is 0. The molecular weight excluding hydrogens is 180 g/mol. The maximum absolute atomic E-state index is 2.57. The van der Waals surface area contributed by atoms with Gasteiger partial charge < -0.3 is 0 Å². The highest BCUT2D eigenvalue weighted by atomic mass is 14.7. The molecule has 0 nitrogen and oxygen atoms in total. The Hall–Kier alpha value is 0. The minimum absolute atomic E-state index is 1.06. The van der Waals surface area contributed by atoms with Crippen molar-refractivity contribution in [1.82, 2.24) is 0 Å². The first-order valence-electron chi connectivity index (χ1n) is 7.18. The van der Waals surface area contributed by atoms with Gasteiger partial charge in [-0.15, -0.1) is 0 Å². The molecule has 4 bridgehead atoms. The van der Waals surface area contributed by atoms with Gasteiger partial charge >= 0.3 is 0 Å². The summed E-state index contributed by atoms with van der Waals surface area (Å²) in [6, 6.07) is 0. The van der Waals surface area contributed by atoms with Crippen LogP contribution < -0.4 is 0 Å². The van der Waals surface area contributed by atoms with Crippen LogP contribution in [0.5, 0.6) is 0 Å². The number of rotatable bonds is 0. The predicted molar refractivity (Wildman–Crippen MR) is 62.3 cm³/mol. The van der Waals surface area contributed by atoms with Crippen LogP contribution >= 0.6 is 0 Å². The first-order valence-corrected chi connectivity index (χ1v) is 7.18. The molecule has 84 valence electrons. The van der Waals surface area contributed by atoms with Crippen LogP contribution in [0.25, 0.3) is 0 Å². The van der Waals surface area contributed by atoms with Crippen molar-refractivity contribution in [3.63, 3.8) is 0 Å². The Kier molecular flexibility index (Phi) is 1.59. The van der Waals surface area contributed by atoms with Crippen LogP contribution in [0, 0.1) is 53.3 Å². The highest BCUT2D eigenvalue weighted by molar-refractivity contribution is 5.13. The lowest BCUT2D eigenvalue weighted by Gasteiger charge is -2.39.